The number of ether oxygens (including phenoxy) is 1. The van der Waals surface area contributed by atoms with Crippen LogP contribution in [-0.4, -0.2) is 28.6 Å². The lowest BCUT2D eigenvalue weighted by molar-refractivity contribution is -0.135. The van der Waals surface area contributed by atoms with Crippen LogP contribution in [0.5, 0.6) is 5.75 Å². The Labute approximate surface area is 92.0 Å². The first kappa shape index (κ1) is 10.5. The zero-order valence-electron chi connectivity index (χ0n) is 8.46. The van der Waals surface area contributed by atoms with Gasteiger partial charge in [0, 0.05) is 0 Å². The molecular weight excluding hydrogens is 210 g/mol. The van der Waals surface area contributed by atoms with Crippen molar-refractivity contribution in [2.24, 2.45) is 4.99 Å². The van der Waals surface area contributed by atoms with Gasteiger partial charge in [-0.3, -0.25) is 9.79 Å². The molecule has 84 valence electrons. The third-order valence-corrected chi connectivity index (χ3v) is 2.26. The number of nitrogens with zero attached hydrogens (tertiary/aromatic N) is 1. The van der Waals surface area contributed by atoms with Gasteiger partial charge in [-0.1, -0.05) is 12.1 Å². The maximum atomic E-state index is 10.5. The van der Waals surface area contributed by atoms with Gasteiger partial charge in [-0.2, -0.15) is 0 Å². The number of aromatic hydroxyl groups is 1. The van der Waals surface area contributed by atoms with Gasteiger partial charge in [-0.25, -0.2) is 0 Å². The Bertz CT molecular complexity index is 441. The van der Waals surface area contributed by atoms with Crippen molar-refractivity contribution in [2.45, 2.75) is 12.5 Å². The maximum absolute atomic E-state index is 10.5. The molecule has 0 aliphatic carbocycles. The van der Waals surface area contributed by atoms with Gasteiger partial charge in [0.1, 0.15) is 18.3 Å². The zero-order chi connectivity index (χ0) is 11.5. The molecule has 0 radical (unpaired) electrons. The molecule has 0 amide bonds. The minimum atomic E-state index is -0.963. The number of carbonyl (C=O) groups is 1. The fourth-order valence-corrected chi connectivity index (χ4v) is 1.55. The van der Waals surface area contributed by atoms with Crippen molar-refractivity contribution < 1.29 is 19.7 Å². The number of carboxylic acids is 1. The number of hydrogen-bond donors (Lipinski definition) is 2. The van der Waals surface area contributed by atoms with Crippen LogP contribution in [0.2, 0.25) is 0 Å². The van der Waals surface area contributed by atoms with E-state index in [0.717, 1.165) is 5.56 Å². The Morgan fingerprint density at radius 1 is 1.56 bits per heavy atom. The highest BCUT2D eigenvalue weighted by Crippen LogP contribution is 2.26. The fourth-order valence-electron chi connectivity index (χ4n) is 1.55. The maximum Gasteiger partial charge on any atom is 0.312 e. The van der Waals surface area contributed by atoms with E-state index in [1.165, 1.54) is 0 Å². The Morgan fingerprint density at radius 3 is 3.06 bits per heavy atom. The molecule has 1 atom stereocenters. The fraction of sp³-hybridized carbons (Fsp3) is 0.273. The van der Waals surface area contributed by atoms with Crippen molar-refractivity contribution in [2.75, 3.05) is 6.54 Å². The van der Waals surface area contributed by atoms with Crippen molar-refractivity contribution in [1.29, 1.82) is 0 Å². The lowest BCUT2D eigenvalue weighted by Crippen LogP contribution is -2.09. The van der Waals surface area contributed by atoms with E-state index in [1.54, 1.807) is 18.2 Å². The average molecular weight is 221 g/mol. The summed E-state index contributed by atoms with van der Waals surface area (Å²) in [6.07, 6.45) is -0.489. The van der Waals surface area contributed by atoms with Crippen LogP contribution in [0.3, 0.4) is 0 Å². The summed E-state index contributed by atoms with van der Waals surface area (Å²) in [6.45, 7) is 0.395. The SMILES string of the molecule is O=C(O)CC1=NCC(c2cccc(O)c2)O1. The summed E-state index contributed by atoms with van der Waals surface area (Å²) in [5, 5.41) is 17.9. The predicted molar refractivity (Wildman–Crippen MR) is 56.5 cm³/mol. The molecule has 0 spiro atoms. The molecule has 0 saturated carbocycles. The molecule has 2 rings (SSSR count). The standard InChI is InChI=1S/C11H11NO4/c13-8-3-1-2-7(4-8)9-6-12-10(16-9)5-11(14)15/h1-4,9,13H,5-6H2,(H,14,15). The third kappa shape index (κ3) is 2.31. The van der Waals surface area contributed by atoms with Gasteiger partial charge in [-0.05, 0) is 17.7 Å². The number of benzene rings is 1. The summed E-state index contributed by atoms with van der Waals surface area (Å²) in [6, 6.07) is 6.67. The number of aliphatic carboxylic acids is 1. The van der Waals surface area contributed by atoms with E-state index >= 15 is 0 Å². The first-order valence-electron chi connectivity index (χ1n) is 4.86. The molecule has 0 saturated heterocycles. The van der Waals surface area contributed by atoms with E-state index in [4.69, 9.17) is 9.84 Å². The quantitative estimate of drug-likeness (QED) is 0.807. The zero-order valence-corrected chi connectivity index (χ0v) is 8.46. The Hall–Kier alpha value is -2.04. The van der Waals surface area contributed by atoms with E-state index in [2.05, 4.69) is 4.99 Å². The second-order valence-electron chi connectivity index (χ2n) is 3.51. The van der Waals surface area contributed by atoms with Crippen LogP contribution < -0.4 is 0 Å². The summed E-state index contributed by atoms with van der Waals surface area (Å²) in [7, 11) is 0. The van der Waals surface area contributed by atoms with Crippen molar-refractivity contribution in [3.8, 4) is 5.75 Å². The number of carboxylic acid groups (broad SMARTS) is 1. The molecule has 5 nitrogen and oxygen atoms in total. The number of phenolic OH excluding ortho intramolecular Hbond substituents is 1. The molecule has 1 unspecified atom stereocenters. The largest absolute Gasteiger partial charge is 0.508 e. The van der Waals surface area contributed by atoms with Crippen LogP contribution >= 0.6 is 0 Å². The molecule has 5 heteroatoms. The van der Waals surface area contributed by atoms with Gasteiger partial charge < -0.3 is 14.9 Å². The first-order valence-corrected chi connectivity index (χ1v) is 4.86. The molecule has 0 aromatic heterocycles. The van der Waals surface area contributed by atoms with Gasteiger partial charge >= 0.3 is 5.97 Å². The van der Waals surface area contributed by atoms with E-state index in [1.807, 2.05) is 6.07 Å². The van der Waals surface area contributed by atoms with E-state index in [9.17, 15) is 9.90 Å². The number of aliphatic imine (C=N–C) groups is 1. The van der Waals surface area contributed by atoms with Crippen LogP contribution in [0.1, 0.15) is 18.1 Å². The molecule has 2 N–H and O–H groups in total. The normalized spacial score (nSPS) is 19.0. The summed E-state index contributed by atoms with van der Waals surface area (Å²) in [4.78, 5) is 14.4. The van der Waals surface area contributed by atoms with Gasteiger partial charge in [0.15, 0.2) is 5.90 Å². The molecular formula is C11H11NO4. The van der Waals surface area contributed by atoms with Crippen LogP contribution in [-0.2, 0) is 9.53 Å². The molecule has 1 heterocycles. The highest BCUT2D eigenvalue weighted by atomic mass is 16.5. The van der Waals surface area contributed by atoms with Gasteiger partial charge in [-0.15, -0.1) is 0 Å². The summed E-state index contributed by atoms with van der Waals surface area (Å²) in [5.74, 6) is -0.566. The average Bonchev–Trinajstić information content (AvgIpc) is 2.65. The molecule has 1 aliphatic heterocycles. The number of hydrogen-bond acceptors (Lipinski definition) is 4. The lowest BCUT2D eigenvalue weighted by Gasteiger charge is -2.10. The molecule has 1 aromatic rings. The van der Waals surface area contributed by atoms with Gasteiger partial charge in [0.05, 0.1) is 6.54 Å². The van der Waals surface area contributed by atoms with E-state index in [0.29, 0.717) is 6.54 Å². The second-order valence-corrected chi connectivity index (χ2v) is 3.51. The molecule has 1 aromatic carbocycles. The molecule has 0 fully saturated rings. The van der Waals surface area contributed by atoms with Crippen LogP contribution in [0.4, 0.5) is 0 Å². The summed E-state index contributed by atoms with van der Waals surface area (Å²) < 4.78 is 5.37. The Kier molecular flexibility index (Phi) is 2.76. The van der Waals surface area contributed by atoms with Gasteiger partial charge in [0.2, 0.25) is 0 Å². The highest BCUT2D eigenvalue weighted by molar-refractivity contribution is 5.94. The summed E-state index contributed by atoms with van der Waals surface area (Å²) in [5.41, 5.74) is 0.795. The topological polar surface area (TPSA) is 79.1 Å². The highest BCUT2D eigenvalue weighted by Gasteiger charge is 2.23. The lowest BCUT2D eigenvalue weighted by atomic mass is 10.1. The second kappa shape index (κ2) is 4.22. The van der Waals surface area contributed by atoms with Crippen molar-refractivity contribution in [3.63, 3.8) is 0 Å². The predicted octanol–water partition coefficient (Wildman–Crippen LogP) is 1.34. The monoisotopic (exact) mass is 221 g/mol. The van der Waals surface area contributed by atoms with Gasteiger partial charge in [0.25, 0.3) is 0 Å². The third-order valence-electron chi connectivity index (χ3n) is 2.26. The Morgan fingerprint density at radius 2 is 2.38 bits per heavy atom. The minimum Gasteiger partial charge on any atom is -0.508 e. The van der Waals surface area contributed by atoms with E-state index < -0.39 is 5.97 Å². The van der Waals surface area contributed by atoms with Crippen molar-refractivity contribution in [3.05, 3.63) is 29.8 Å². The minimum absolute atomic E-state index is 0.160. The van der Waals surface area contributed by atoms with E-state index in [-0.39, 0.29) is 24.2 Å². The molecule has 16 heavy (non-hydrogen) atoms. The number of phenols is 1. The molecule has 0 bridgehead atoms. The smallest absolute Gasteiger partial charge is 0.312 e. The summed E-state index contributed by atoms with van der Waals surface area (Å²) >= 11 is 0. The van der Waals surface area contributed by atoms with Crippen LogP contribution in [0, 0.1) is 0 Å². The van der Waals surface area contributed by atoms with Crippen LogP contribution in [0.25, 0.3) is 0 Å². The van der Waals surface area contributed by atoms with Crippen molar-refractivity contribution in [1.82, 2.24) is 0 Å². The van der Waals surface area contributed by atoms with Crippen molar-refractivity contribution >= 4 is 11.9 Å². The number of rotatable bonds is 3. The Balaban J connectivity index is 2.03. The molecule has 1 aliphatic rings. The van der Waals surface area contributed by atoms with Crippen LogP contribution in [0.15, 0.2) is 29.3 Å². The first-order chi connectivity index (χ1) is 7.65.